The van der Waals surface area contributed by atoms with Gasteiger partial charge in [-0.1, -0.05) is 53.7 Å². The molecule has 148 valence electrons. The smallest absolute Gasteiger partial charge is 0.174 e. The number of benzene rings is 3. The van der Waals surface area contributed by atoms with E-state index in [9.17, 15) is 5.26 Å². The molecule has 0 fully saturated rings. The first-order valence-corrected chi connectivity index (χ1v) is 11.5. The molecule has 0 bridgehead atoms. The summed E-state index contributed by atoms with van der Waals surface area (Å²) < 4.78 is 6.76. The Morgan fingerprint density at radius 1 is 1.00 bits per heavy atom. The normalized spacial score (nSPS) is 11.5. The molecule has 0 aliphatic rings. The van der Waals surface area contributed by atoms with Gasteiger partial charge >= 0.3 is 0 Å². The summed E-state index contributed by atoms with van der Waals surface area (Å²) in [7, 11) is 0. The van der Waals surface area contributed by atoms with Crippen molar-refractivity contribution in [3.63, 3.8) is 0 Å². The second-order valence-electron chi connectivity index (χ2n) is 6.87. The summed E-state index contributed by atoms with van der Waals surface area (Å²) in [6.07, 6.45) is 1.86. The van der Waals surface area contributed by atoms with E-state index < -0.39 is 0 Å². The molecule has 31 heavy (non-hydrogen) atoms. The number of rotatable bonds is 4. The van der Waals surface area contributed by atoms with Crippen molar-refractivity contribution in [3.8, 4) is 28.7 Å². The molecule has 0 amide bonds. The van der Waals surface area contributed by atoms with Crippen LogP contribution >= 0.6 is 33.9 Å². The Balaban J connectivity index is 1.52. The van der Waals surface area contributed by atoms with E-state index in [2.05, 4.69) is 50.9 Å². The van der Waals surface area contributed by atoms with Crippen molar-refractivity contribution in [3.05, 3.63) is 92.3 Å². The minimum atomic E-state index is 0.527. The lowest BCUT2D eigenvalue weighted by molar-refractivity contribution is 0.441. The van der Waals surface area contributed by atoms with Crippen molar-refractivity contribution in [1.82, 2.24) is 10.1 Å². The SMILES string of the molecule is N#C/C(=C\c1ccc2noc(-c3ccccc3)c2c1)c1nc(-c2ccc(I)cc2)cs1. The van der Waals surface area contributed by atoms with Crippen LogP contribution in [0.4, 0.5) is 0 Å². The van der Waals surface area contributed by atoms with Crippen LogP contribution in [0.1, 0.15) is 10.6 Å². The van der Waals surface area contributed by atoms with Gasteiger partial charge in [0.1, 0.15) is 16.6 Å². The fraction of sp³-hybridized carbons (Fsp3) is 0. The lowest BCUT2D eigenvalue weighted by Gasteiger charge is -1.99. The molecule has 6 heteroatoms. The number of allylic oxidation sites excluding steroid dienone is 1. The van der Waals surface area contributed by atoms with Crippen molar-refractivity contribution in [2.45, 2.75) is 0 Å². The molecular formula is C25H14IN3OS. The van der Waals surface area contributed by atoms with Crippen LogP contribution in [0.3, 0.4) is 0 Å². The third-order valence-electron chi connectivity index (χ3n) is 4.84. The van der Waals surface area contributed by atoms with Crippen LogP contribution in [0, 0.1) is 14.9 Å². The molecule has 0 saturated carbocycles. The van der Waals surface area contributed by atoms with Gasteiger partial charge in [-0.05, 0) is 58.5 Å². The fourth-order valence-electron chi connectivity index (χ4n) is 3.31. The molecule has 5 rings (SSSR count). The predicted octanol–water partition coefficient (Wildman–Crippen LogP) is 7.29. The van der Waals surface area contributed by atoms with Crippen LogP contribution in [0.15, 0.2) is 82.7 Å². The zero-order chi connectivity index (χ0) is 21.2. The number of aromatic nitrogens is 2. The topological polar surface area (TPSA) is 62.7 Å². The summed E-state index contributed by atoms with van der Waals surface area (Å²) in [6, 6.07) is 26.2. The van der Waals surface area contributed by atoms with Gasteiger partial charge in [0.05, 0.1) is 16.7 Å². The maximum Gasteiger partial charge on any atom is 0.174 e. The molecule has 0 unspecified atom stereocenters. The summed E-state index contributed by atoms with van der Waals surface area (Å²) >= 11 is 3.75. The standard InChI is InChI=1S/C25H14IN3OS/c26-20-9-7-17(8-10-20)23-15-31-25(28-23)19(14-27)12-16-6-11-22-21(13-16)24(30-29-22)18-4-2-1-3-5-18/h1-13,15H/b19-12+. The minimum absolute atomic E-state index is 0.527. The van der Waals surface area contributed by atoms with E-state index in [1.807, 2.05) is 72.1 Å². The van der Waals surface area contributed by atoms with Gasteiger partial charge in [-0.2, -0.15) is 5.26 Å². The molecule has 0 radical (unpaired) electrons. The average molecular weight is 531 g/mol. The highest BCUT2D eigenvalue weighted by atomic mass is 127. The zero-order valence-electron chi connectivity index (χ0n) is 16.1. The first-order valence-electron chi connectivity index (χ1n) is 9.50. The van der Waals surface area contributed by atoms with Crippen LogP contribution in [-0.4, -0.2) is 10.1 Å². The van der Waals surface area contributed by atoms with Crippen molar-refractivity contribution in [2.24, 2.45) is 0 Å². The van der Waals surface area contributed by atoms with E-state index in [4.69, 9.17) is 4.52 Å². The van der Waals surface area contributed by atoms with Gasteiger partial charge in [-0.25, -0.2) is 4.98 Å². The number of hydrogen-bond donors (Lipinski definition) is 0. The monoisotopic (exact) mass is 531 g/mol. The van der Waals surface area contributed by atoms with Crippen molar-refractivity contribution < 1.29 is 4.52 Å². The molecule has 0 spiro atoms. The Kier molecular flexibility index (Phi) is 5.37. The van der Waals surface area contributed by atoms with E-state index in [-0.39, 0.29) is 0 Å². The Morgan fingerprint density at radius 2 is 1.81 bits per heavy atom. The molecule has 4 nitrogen and oxygen atoms in total. The maximum atomic E-state index is 9.78. The number of nitrogens with zero attached hydrogens (tertiary/aromatic N) is 3. The average Bonchev–Trinajstić information content (AvgIpc) is 3.46. The molecule has 0 N–H and O–H groups in total. The lowest BCUT2D eigenvalue weighted by atomic mass is 10.0. The molecule has 2 heterocycles. The van der Waals surface area contributed by atoms with Crippen LogP contribution in [-0.2, 0) is 0 Å². The van der Waals surface area contributed by atoms with Crippen LogP contribution in [0.5, 0.6) is 0 Å². The quantitative estimate of drug-likeness (QED) is 0.181. The van der Waals surface area contributed by atoms with E-state index in [1.54, 1.807) is 0 Å². The molecule has 5 aromatic rings. The Bertz CT molecular complexity index is 1440. The number of hydrogen-bond acceptors (Lipinski definition) is 5. The van der Waals surface area contributed by atoms with E-state index in [0.29, 0.717) is 10.6 Å². The molecule has 0 aliphatic carbocycles. The fourth-order valence-corrected chi connectivity index (χ4v) is 4.46. The van der Waals surface area contributed by atoms with Gasteiger partial charge in [0.2, 0.25) is 0 Å². The highest BCUT2D eigenvalue weighted by molar-refractivity contribution is 14.1. The van der Waals surface area contributed by atoms with Gasteiger partial charge in [0.25, 0.3) is 0 Å². The maximum absolute atomic E-state index is 9.78. The zero-order valence-corrected chi connectivity index (χ0v) is 19.1. The molecule has 0 aliphatic heterocycles. The van der Waals surface area contributed by atoms with Crippen molar-refractivity contribution >= 4 is 56.5 Å². The summed E-state index contributed by atoms with van der Waals surface area (Å²) in [5.74, 6) is 0.722. The second-order valence-corrected chi connectivity index (χ2v) is 8.97. The summed E-state index contributed by atoms with van der Waals surface area (Å²) in [4.78, 5) is 4.69. The van der Waals surface area contributed by atoms with Gasteiger partial charge in [-0.3, -0.25) is 0 Å². The second kappa shape index (κ2) is 8.46. The minimum Gasteiger partial charge on any atom is -0.355 e. The Morgan fingerprint density at radius 3 is 2.58 bits per heavy atom. The highest BCUT2D eigenvalue weighted by Gasteiger charge is 2.13. The lowest BCUT2D eigenvalue weighted by Crippen LogP contribution is -1.84. The number of nitriles is 1. The van der Waals surface area contributed by atoms with E-state index >= 15 is 0 Å². The first-order chi connectivity index (χ1) is 15.2. The molecule has 0 atom stereocenters. The van der Waals surface area contributed by atoms with Crippen molar-refractivity contribution in [2.75, 3.05) is 0 Å². The largest absolute Gasteiger partial charge is 0.355 e. The molecule has 2 aromatic heterocycles. The van der Waals surface area contributed by atoms with Gasteiger partial charge < -0.3 is 4.52 Å². The summed E-state index contributed by atoms with van der Waals surface area (Å²) in [5, 5.41) is 17.5. The van der Waals surface area contributed by atoms with Gasteiger partial charge in [-0.15, -0.1) is 11.3 Å². The van der Waals surface area contributed by atoms with Gasteiger partial charge in [0, 0.05) is 20.1 Å². The van der Waals surface area contributed by atoms with Crippen molar-refractivity contribution in [1.29, 1.82) is 5.26 Å². The van der Waals surface area contributed by atoms with Crippen LogP contribution in [0.25, 0.3) is 45.1 Å². The Labute approximate surface area is 196 Å². The van der Waals surface area contributed by atoms with Crippen LogP contribution < -0.4 is 0 Å². The molecular weight excluding hydrogens is 517 g/mol. The Hall–Kier alpha value is -3.28. The number of thiazole rings is 1. The van der Waals surface area contributed by atoms with Gasteiger partial charge in [0.15, 0.2) is 5.76 Å². The predicted molar refractivity (Wildman–Crippen MR) is 133 cm³/mol. The first kappa shape index (κ1) is 19.7. The number of halogens is 1. The third-order valence-corrected chi connectivity index (χ3v) is 6.44. The molecule has 3 aromatic carbocycles. The molecule has 0 saturated heterocycles. The number of fused-ring (bicyclic) bond motifs is 1. The van der Waals surface area contributed by atoms with E-state index in [1.165, 1.54) is 14.9 Å². The summed E-state index contributed by atoms with van der Waals surface area (Å²) in [6.45, 7) is 0. The highest BCUT2D eigenvalue weighted by Crippen LogP contribution is 2.31. The van der Waals surface area contributed by atoms with Crippen LogP contribution in [0.2, 0.25) is 0 Å². The summed E-state index contributed by atoms with van der Waals surface area (Å²) in [5.41, 5.74) is 5.09. The van der Waals surface area contributed by atoms with E-state index in [0.717, 1.165) is 39.0 Å². The third kappa shape index (κ3) is 4.02.